The van der Waals surface area contributed by atoms with Gasteiger partial charge in [-0.25, -0.2) is 0 Å². The molecule has 0 fully saturated rings. The molecule has 2 aliphatic rings. The second-order valence-corrected chi connectivity index (χ2v) is 8.10. The van der Waals surface area contributed by atoms with Gasteiger partial charge in [-0.2, -0.15) is 0 Å². The number of Topliss-reactive ketones (excluding diaryl/α,β-unsaturated/α-hetero) is 1. The summed E-state index contributed by atoms with van der Waals surface area (Å²) >= 11 is 7.09. The topological polar surface area (TPSA) is 17.1 Å². The third-order valence-electron chi connectivity index (χ3n) is 5.06. The third kappa shape index (κ3) is 2.39. The highest BCUT2D eigenvalue weighted by Crippen LogP contribution is 2.43. The van der Waals surface area contributed by atoms with Gasteiger partial charge in [0.05, 0.1) is 0 Å². The van der Waals surface area contributed by atoms with Crippen LogP contribution in [0.25, 0.3) is 0 Å². The minimum absolute atomic E-state index is 0.0717. The van der Waals surface area contributed by atoms with Gasteiger partial charge in [-0.15, -0.1) is 0 Å². The van der Waals surface area contributed by atoms with Gasteiger partial charge in [0.15, 0.2) is 0 Å². The van der Waals surface area contributed by atoms with Gasteiger partial charge in [-0.3, -0.25) is 4.79 Å². The maximum Gasteiger partial charge on any atom is 0.147 e. The second-order valence-electron chi connectivity index (χ2n) is 6.27. The fraction of sp³-hybridized carbons (Fsp3) is 0.316. The zero-order chi connectivity index (χ0) is 15.3. The van der Waals surface area contributed by atoms with Gasteiger partial charge < -0.3 is 0 Å². The minimum atomic E-state index is 0.0717. The number of carbonyl (C=O) groups excluding carboxylic acids is 1. The van der Waals surface area contributed by atoms with Crippen LogP contribution in [0.1, 0.15) is 46.9 Å². The number of ketones is 1. The molecule has 0 saturated heterocycles. The van der Waals surface area contributed by atoms with Crippen molar-refractivity contribution in [3.8, 4) is 0 Å². The van der Waals surface area contributed by atoms with E-state index in [4.69, 9.17) is 0 Å². The average Bonchev–Trinajstić information content (AvgIpc) is 3.09. The van der Waals surface area contributed by atoms with Gasteiger partial charge in [0.1, 0.15) is 5.78 Å². The van der Waals surface area contributed by atoms with E-state index in [2.05, 4.69) is 68.3 Å². The lowest BCUT2D eigenvalue weighted by atomic mass is 9.85. The molecular weight excluding hydrogens is 404 g/mol. The fourth-order valence-corrected chi connectivity index (χ4v) is 4.74. The van der Waals surface area contributed by atoms with Gasteiger partial charge in [0, 0.05) is 20.8 Å². The van der Waals surface area contributed by atoms with E-state index in [9.17, 15) is 4.79 Å². The molecule has 0 aliphatic heterocycles. The Morgan fingerprint density at radius 3 is 1.73 bits per heavy atom. The monoisotopic (exact) mass is 418 g/mol. The van der Waals surface area contributed by atoms with Crippen molar-refractivity contribution < 1.29 is 4.79 Å². The van der Waals surface area contributed by atoms with E-state index in [1.54, 1.807) is 0 Å². The van der Waals surface area contributed by atoms with Gasteiger partial charge in [0.25, 0.3) is 0 Å². The first kappa shape index (κ1) is 14.6. The molecule has 2 unspecified atom stereocenters. The summed E-state index contributed by atoms with van der Waals surface area (Å²) in [6.45, 7) is 0. The van der Waals surface area contributed by atoms with Crippen LogP contribution >= 0.6 is 31.9 Å². The SMILES string of the molecule is O=C(C1CCc2ccc(Br)cc21)C1CCc2ccc(Br)cc21. The Bertz CT molecular complexity index is 703. The Kier molecular flexibility index (Phi) is 3.74. The number of rotatable bonds is 2. The normalized spacial score (nSPS) is 22.5. The van der Waals surface area contributed by atoms with Crippen molar-refractivity contribution in [3.63, 3.8) is 0 Å². The summed E-state index contributed by atoms with van der Waals surface area (Å²) < 4.78 is 2.14. The van der Waals surface area contributed by atoms with Crippen LogP contribution in [0.3, 0.4) is 0 Å². The molecule has 3 heteroatoms. The molecule has 0 saturated carbocycles. The first-order valence-electron chi connectivity index (χ1n) is 7.74. The van der Waals surface area contributed by atoms with Crippen molar-refractivity contribution in [3.05, 3.63) is 67.6 Å². The molecule has 2 aliphatic carbocycles. The number of halogens is 2. The van der Waals surface area contributed by atoms with Crippen molar-refractivity contribution in [1.29, 1.82) is 0 Å². The van der Waals surface area contributed by atoms with Crippen LogP contribution < -0.4 is 0 Å². The molecule has 0 N–H and O–H groups in total. The largest absolute Gasteiger partial charge is 0.298 e. The summed E-state index contributed by atoms with van der Waals surface area (Å²) in [6.07, 6.45) is 3.98. The molecule has 0 radical (unpaired) electrons. The molecule has 0 aromatic heterocycles. The number of fused-ring (bicyclic) bond motifs is 2. The highest BCUT2D eigenvalue weighted by Gasteiger charge is 2.36. The van der Waals surface area contributed by atoms with E-state index >= 15 is 0 Å². The van der Waals surface area contributed by atoms with Crippen LogP contribution in [0.15, 0.2) is 45.3 Å². The molecule has 0 heterocycles. The molecule has 2 aromatic rings. The van der Waals surface area contributed by atoms with E-state index in [1.807, 2.05) is 0 Å². The number of hydrogen-bond donors (Lipinski definition) is 0. The first-order chi connectivity index (χ1) is 10.6. The van der Waals surface area contributed by atoms with Crippen LogP contribution in [0.4, 0.5) is 0 Å². The molecule has 0 spiro atoms. The van der Waals surface area contributed by atoms with Gasteiger partial charge >= 0.3 is 0 Å². The molecular formula is C19H16Br2O. The van der Waals surface area contributed by atoms with E-state index < -0.39 is 0 Å². The molecule has 0 bridgehead atoms. The van der Waals surface area contributed by atoms with E-state index in [0.717, 1.165) is 34.6 Å². The van der Waals surface area contributed by atoms with Crippen molar-refractivity contribution in [2.24, 2.45) is 0 Å². The molecule has 4 rings (SSSR count). The van der Waals surface area contributed by atoms with Gasteiger partial charge in [-0.1, -0.05) is 44.0 Å². The lowest BCUT2D eigenvalue weighted by Crippen LogP contribution is -2.17. The zero-order valence-electron chi connectivity index (χ0n) is 12.1. The van der Waals surface area contributed by atoms with Crippen LogP contribution in [0, 0.1) is 0 Å². The molecule has 22 heavy (non-hydrogen) atoms. The highest BCUT2D eigenvalue weighted by molar-refractivity contribution is 9.10. The Morgan fingerprint density at radius 2 is 1.27 bits per heavy atom. The van der Waals surface area contributed by atoms with E-state index in [0.29, 0.717) is 5.78 Å². The predicted molar refractivity (Wildman–Crippen MR) is 95.4 cm³/mol. The van der Waals surface area contributed by atoms with Crippen molar-refractivity contribution in [2.45, 2.75) is 37.5 Å². The summed E-state index contributed by atoms with van der Waals surface area (Å²) in [5.41, 5.74) is 5.16. The molecule has 112 valence electrons. The summed E-state index contributed by atoms with van der Waals surface area (Å²) in [6, 6.07) is 12.8. The standard InChI is InChI=1S/C19H16Br2O/c20-13-5-1-11-3-7-15(17(11)9-13)19(22)16-8-4-12-2-6-14(21)10-18(12)16/h1-2,5-6,9-10,15-16H,3-4,7-8H2. The summed E-state index contributed by atoms with van der Waals surface area (Å²) in [5.74, 6) is 0.554. The minimum Gasteiger partial charge on any atom is -0.298 e. The van der Waals surface area contributed by atoms with Gasteiger partial charge in [-0.05, 0) is 72.2 Å². The zero-order valence-corrected chi connectivity index (χ0v) is 15.3. The second kappa shape index (κ2) is 5.61. The maximum absolute atomic E-state index is 13.2. The smallest absolute Gasteiger partial charge is 0.147 e. The fourth-order valence-electron chi connectivity index (χ4n) is 3.98. The lowest BCUT2D eigenvalue weighted by Gasteiger charge is -2.17. The summed E-state index contributed by atoms with van der Waals surface area (Å²) in [5, 5.41) is 0. The average molecular weight is 420 g/mol. The molecule has 2 aromatic carbocycles. The molecule has 2 atom stereocenters. The van der Waals surface area contributed by atoms with E-state index in [-0.39, 0.29) is 11.8 Å². The number of benzene rings is 2. The molecule has 0 amide bonds. The Balaban J connectivity index is 1.68. The molecule has 1 nitrogen and oxygen atoms in total. The number of hydrogen-bond acceptors (Lipinski definition) is 1. The predicted octanol–water partition coefficient (Wildman–Crippen LogP) is 5.54. The lowest BCUT2D eigenvalue weighted by molar-refractivity contribution is -0.121. The van der Waals surface area contributed by atoms with Crippen LogP contribution in [-0.2, 0) is 17.6 Å². The first-order valence-corrected chi connectivity index (χ1v) is 9.32. The van der Waals surface area contributed by atoms with Crippen LogP contribution in [-0.4, -0.2) is 5.78 Å². The van der Waals surface area contributed by atoms with Crippen molar-refractivity contribution >= 4 is 37.6 Å². The Hall–Kier alpha value is -0.930. The third-order valence-corrected chi connectivity index (χ3v) is 6.04. The Morgan fingerprint density at radius 1 is 0.818 bits per heavy atom. The highest BCUT2D eigenvalue weighted by atomic mass is 79.9. The maximum atomic E-state index is 13.2. The summed E-state index contributed by atoms with van der Waals surface area (Å²) in [4.78, 5) is 13.2. The van der Waals surface area contributed by atoms with Gasteiger partial charge in [0.2, 0.25) is 0 Å². The number of aryl methyl sites for hydroxylation is 2. The van der Waals surface area contributed by atoms with Crippen molar-refractivity contribution in [1.82, 2.24) is 0 Å². The van der Waals surface area contributed by atoms with Crippen molar-refractivity contribution in [2.75, 3.05) is 0 Å². The quantitative estimate of drug-likeness (QED) is 0.624. The van der Waals surface area contributed by atoms with Crippen LogP contribution in [0.5, 0.6) is 0 Å². The van der Waals surface area contributed by atoms with E-state index in [1.165, 1.54) is 22.3 Å². The number of carbonyl (C=O) groups is 1. The summed E-state index contributed by atoms with van der Waals surface area (Å²) in [7, 11) is 0. The van der Waals surface area contributed by atoms with Crippen LogP contribution in [0.2, 0.25) is 0 Å². The Labute approximate surface area is 147 Å².